The fourth-order valence-electron chi connectivity index (χ4n) is 3.59. The minimum absolute atomic E-state index is 0.0763. The van der Waals surface area contributed by atoms with Gasteiger partial charge in [-0.25, -0.2) is 4.98 Å². The van der Waals surface area contributed by atoms with Gasteiger partial charge >= 0.3 is 0 Å². The van der Waals surface area contributed by atoms with Crippen LogP contribution in [0.5, 0.6) is 0 Å². The first-order valence-electron chi connectivity index (χ1n) is 10.4. The van der Waals surface area contributed by atoms with Gasteiger partial charge in [0.2, 0.25) is 17.7 Å². The third-order valence-electron chi connectivity index (χ3n) is 5.29. The van der Waals surface area contributed by atoms with Crippen molar-refractivity contribution in [3.63, 3.8) is 0 Å². The Kier molecular flexibility index (Phi) is 6.41. The molecular formula is C24H23N3O4S. The van der Waals surface area contributed by atoms with E-state index in [0.717, 1.165) is 28.6 Å². The molecule has 0 bridgehead atoms. The van der Waals surface area contributed by atoms with Crippen molar-refractivity contribution in [3.05, 3.63) is 71.6 Å². The van der Waals surface area contributed by atoms with E-state index in [9.17, 15) is 14.4 Å². The quantitative estimate of drug-likeness (QED) is 0.583. The number of oxazole rings is 1. The maximum atomic E-state index is 13.0. The van der Waals surface area contributed by atoms with E-state index >= 15 is 0 Å². The van der Waals surface area contributed by atoms with E-state index in [1.165, 1.54) is 0 Å². The molecule has 1 N–H and O–H groups in total. The minimum Gasteiger partial charge on any atom is -0.441 e. The van der Waals surface area contributed by atoms with Crippen molar-refractivity contribution >= 4 is 34.5 Å². The number of carbonyl (C=O) groups excluding carboxylic acids is 3. The molecule has 0 aliphatic carbocycles. The molecule has 4 rings (SSSR count). The van der Waals surface area contributed by atoms with Crippen molar-refractivity contribution in [3.8, 4) is 11.5 Å². The highest BCUT2D eigenvalue weighted by atomic mass is 32.2. The van der Waals surface area contributed by atoms with Crippen LogP contribution in [0.15, 0.2) is 59.0 Å². The number of aryl methyl sites for hydroxylation is 1. The summed E-state index contributed by atoms with van der Waals surface area (Å²) in [5.74, 6) is 0.802. The van der Waals surface area contributed by atoms with Crippen LogP contribution in [0.25, 0.3) is 11.5 Å². The molecule has 1 saturated heterocycles. The predicted octanol–water partition coefficient (Wildman–Crippen LogP) is 4.14. The molecule has 1 aliphatic heterocycles. The molecule has 3 amide bonds. The zero-order chi connectivity index (χ0) is 22.7. The van der Waals surface area contributed by atoms with Crippen molar-refractivity contribution in [1.29, 1.82) is 0 Å². The maximum absolute atomic E-state index is 13.0. The molecule has 1 aromatic heterocycles. The highest BCUT2D eigenvalue weighted by molar-refractivity contribution is 8.15. The van der Waals surface area contributed by atoms with Gasteiger partial charge in [-0.15, -0.1) is 0 Å². The molecule has 1 atom stereocenters. The maximum Gasteiger partial charge on any atom is 0.286 e. The summed E-state index contributed by atoms with van der Waals surface area (Å²) in [6.45, 7) is 4.24. The fourth-order valence-corrected chi connectivity index (χ4v) is 4.45. The first-order chi connectivity index (χ1) is 15.4. The van der Waals surface area contributed by atoms with Crippen LogP contribution in [-0.2, 0) is 22.4 Å². The van der Waals surface area contributed by atoms with Crippen LogP contribution in [-0.4, -0.2) is 33.8 Å². The summed E-state index contributed by atoms with van der Waals surface area (Å²) >= 11 is 1.01. The Bertz CT molecular complexity index is 1140. The fraction of sp³-hybridized carbons (Fsp3) is 0.250. The number of thioether (sulfide) groups is 1. The van der Waals surface area contributed by atoms with Crippen molar-refractivity contribution in [2.24, 2.45) is 0 Å². The van der Waals surface area contributed by atoms with E-state index in [4.69, 9.17) is 4.42 Å². The predicted molar refractivity (Wildman–Crippen MR) is 123 cm³/mol. The summed E-state index contributed by atoms with van der Waals surface area (Å²) in [6, 6.07) is 17.1. The molecule has 2 heterocycles. The average molecular weight is 450 g/mol. The molecule has 3 aromatic rings. The molecule has 1 fully saturated rings. The summed E-state index contributed by atoms with van der Waals surface area (Å²) < 4.78 is 5.78. The number of rotatable bonds is 7. The SMILES string of the molecule is CCN(C(=O)Cc1nc(-c2ccccc2)oc1C)c1ccc(CC2SC(=O)NC2=O)cc1. The number of nitrogens with one attached hydrogen (secondary N) is 1. The highest BCUT2D eigenvalue weighted by Gasteiger charge is 2.31. The van der Waals surface area contributed by atoms with E-state index < -0.39 is 5.25 Å². The molecule has 0 saturated carbocycles. The van der Waals surface area contributed by atoms with Crippen molar-refractivity contribution < 1.29 is 18.8 Å². The van der Waals surface area contributed by atoms with Crippen molar-refractivity contribution in [2.75, 3.05) is 11.4 Å². The minimum atomic E-state index is -0.411. The summed E-state index contributed by atoms with van der Waals surface area (Å²) in [4.78, 5) is 42.4. The largest absolute Gasteiger partial charge is 0.441 e. The topological polar surface area (TPSA) is 92.5 Å². The van der Waals surface area contributed by atoms with Crippen molar-refractivity contribution in [1.82, 2.24) is 10.3 Å². The lowest BCUT2D eigenvalue weighted by molar-refractivity contribution is -0.119. The number of nitrogens with zero attached hydrogens (tertiary/aromatic N) is 2. The van der Waals surface area contributed by atoms with Crippen LogP contribution in [0.2, 0.25) is 0 Å². The number of carbonyl (C=O) groups is 3. The van der Waals surface area contributed by atoms with Gasteiger partial charge in [0.25, 0.3) is 5.24 Å². The molecule has 0 spiro atoms. The Morgan fingerprint density at radius 1 is 1.12 bits per heavy atom. The lowest BCUT2D eigenvalue weighted by atomic mass is 10.1. The molecule has 32 heavy (non-hydrogen) atoms. The van der Waals surface area contributed by atoms with Gasteiger partial charge in [-0.3, -0.25) is 19.7 Å². The van der Waals surface area contributed by atoms with Gasteiger partial charge in [0.1, 0.15) is 5.76 Å². The molecule has 164 valence electrons. The lowest BCUT2D eigenvalue weighted by Gasteiger charge is -2.21. The third kappa shape index (κ3) is 4.75. The number of anilines is 1. The second-order valence-corrected chi connectivity index (χ2v) is 8.63. The molecule has 1 unspecified atom stereocenters. The van der Waals surface area contributed by atoms with E-state index in [1.807, 2.05) is 68.4 Å². The van der Waals surface area contributed by atoms with Crippen LogP contribution in [0.3, 0.4) is 0 Å². The average Bonchev–Trinajstić information content (AvgIpc) is 3.31. The summed E-state index contributed by atoms with van der Waals surface area (Å²) in [7, 11) is 0. The van der Waals surface area contributed by atoms with Gasteiger partial charge in [0.05, 0.1) is 17.4 Å². The zero-order valence-corrected chi connectivity index (χ0v) is 18.6. The molecular weight excluding hydrogens is 426 g/mol. The van der Waals surface area contributed by atoms with Gasteiger partial charge < -0.3 is 9.32 Å². The van der Waals surface area contributed by atoms with Crippen LogP contribution in [0, 0.1) is 6.92 Å². The van der Waals surface area contributed by atoms with Gasteiger partial charge in [0.15, 0.2) is 0 Å². The summed E-state index contributed by atoms with van der Waals surface area (Å²) in [5.41, 5.74) is 3.19. The Hall–Kier alpha value is -3.39. The number of hydrogen-bond donors (Lipinski definition) is 1. The monoisotopic (exact) mass is 449 g/mol. The highest BCUT2D eigenvalue weighted by Crippen LogP contribution is 2.25. The first-order valence-corrected chi connectivity index (χ1v) is 11.2. The molecule has 7 nitrogen and oxygen atoms in total. The number of benzene rings is 2. The smallest absolute Gasteiger partial charge is 0.286 e. The Balaban J connectivity index is 1.44. The van der Waals surface area contributed by atoms with E-state index in [-0.39, 0.29) is 23.5 Å². The number of hydrogen-bond acceptors (Lipinski definition) is 6. The number of aromatic nitrogens is 1. The Morgan fingerprint density at radius 3 is 2.47 bits per heavy atom. The zero-order valence-electron chi connectivity index (χ0n) is 17.8. The first kappa shape index (κ1) is 21.8. The Morgan fingerprint density at radius 2 is 1.84 bits per heavy atom. The molecule has 2 aromatic carbocycles. The van der Waals surface area contributed by atoms with E-state index in [0.29, 0.717) is 30.3 Å². The molecule has 1 aliphatic rings. The molecule has 8 heteroatoms. The van der Waals surface area contributed by atoms with Crippen molar-refractivity contribution in [2.45, 2.75) is 31.9 Å². The molecule has 0 radical (unpaired) electrons. The normalized spacial score (nSPS) is 15.6. The third-order valence-corrected chi connectivity index (χ3v) is 6.27. The number of amides is 3. The van der Waals surface area contributed by atoms with Gasteiger partial charge in [-0.1, -0.05) is 42.1 Å². The summed E-state index contributed by atoms with van der Waals surface area (Å²) in [5, 5.41) is 1.58. The lowest BCUT2D eigenvalue weighted by Crippen LogP contribution is -2.32. The number of imide groups is 1. The van der Waals surface area contributed by atoms with E-state index in [2.05, 4.69) is 10.3 Å². The second-order valence-electron chi connectivity index (χ2n) is 7.46. The van der Waals surface area contributed by atoms with Gasteiger partial charge in [-0.2, -0.15) is 0 Å². The van der Waals surface area contributed by atoms with Crippen LogP contribution >= 0.6 is 11.8 Å². The van der Waals surface area contributed by atoms with E-state index in [1.54, 1.807) is 4.90 Å². The van der Waals surface area contributed by atoms with Crippen LogP contribution < -0.4 is 10.2 Å². The van der Waals surface area contributed by atoms with Crippen LogP contribution in [0.1, 0.15) is 23.9 Å². The second kappa shape index (κ2) is 9.40. The van der Waals surface area contributed by atoms with Crippen LogP contribution in [0.4, 0.5) is 10.5 Å². The summed E-state index contributed by atoms with van der Waals surface area (Å²) in [6.07, 6.45) is 0.599. The van der Waals surface area contributed by atoms with Gasteiger partial charge in [0, 0.05) is 17.8 Å². The number of likely N-dealkylation sites (N-methyl/N-ethyl adjacent to an activating group) is 1. The Labute approximate surface area is 190 Å². The standard InChI is InChI=1S/C24H23N3O4S/c1-3-27(18-11-9-16(10-12-18)13-20-22(29)26-24(30)32-20)21(28)14-19-15(2)31-23(25-19)17-7-5-4-6-8-17/h4-12,20H,3,13-14H2,1-2H3,(H,26,29,30). The van der Waals surface area contributed by atoms with Gasteiger partial charge in [-0.05, 0) is 50.1 Å².